The first-order chi connectivity index (χ1) is 7.72. The highest BCUT2D eigenvalue weighted by molar-refractivity contribution is 6.04. The topological polar surface area (TPSA) is 59.5 Å². The highest BCUT2D eigenvalue weighted by atomic mass is 16.5. The Morgan fingerprint density at radius 1 is 1.50 bits per heavy atom. The minimum atomic E-state index is -0.329. The maximum absolute atomic E-state index is 11.9. The minimum Gasteiger partial charge on any atom is -0.495 e. The smallest absolute Gasteiger partial charge is 0.279 e. The van der Waals surface area contributed by atoms with Crippen molar-refractivity contribution < 1.29 is 14.3 Å². The fourth-order valence-electron chi connectivity index (χ4n) is 1.63. The third-order valence-corrected chi connectivity index (χ3v) is 2.51. The van der Waals surface area contributed by atoms with Gasteiger partial charge in [-0.3, -0.25) is 14.5 Å². The van der Waals surface area contributed by atoms with Crippen LogP contribution in [0.5, 0.6) is 5.75 Å². The van der Waals surface area contributed by atoms with E-state index in [1.54, 1.807) is 12.1 Å². The Hall–Kier alpha value is -1.91. The van der Waals surface area contributed by atoms with Crippen molar-refractivity contribution in [2.24, 2.45) is 0 Å². The quantitative estimate of drug-likeness (QED) is 0.693. The van der Waals surface area contributed by atoms with Crippen LogP contribution < -0.4 is 4.74 Å². The zero-order valence-electron chi connectivity index (χ0n) is 8.97. The molecule has 1 aromatic heterocycles. The van der Waals surface area contributed by atoms with E-state index in [1.165, 1.54) is 18.2 Å². The summed E-state index contributed by atoms with van der Waals surface area (Å²) in [5, 5.41) is 0. The van der Waals surface area contributed by atoms with Crippen LogP contribution in [-0.4, -0.2) is 35.4 Å². The molecule has 1 saturated heterocycles. The van der Waals surface area contributed by atoms with Crippen LogP contribution in [0.2, 0.25) is 0 Å². The number of methoxy groups -OCH3 is 1. The Morgan fingerprint density at radius 2 is 2.31 bits per heavy atom. The lowest BCUT2D eigenvalue weighted by atomic mass is 10.3. The standard InChI is InChI=1S/C11H12N2O3/c1-16-8-4-5-9(12-7-8)11(15)13-6-2-3-10(13)14/h4-5,7H,2-3,6H2,1H3. The molecule has 0 unspecified atom stereocenters. The van der Waals surface area contributed by atoms with Crippen LogP contribution in [0.1, 0.15) is 23.3 Å². The number of ether oxygens (including phenoxy) is 1. The molecule has 1 aromatic rings. The zero-order chi connectivity index (χ0) is 11.5. The number of hydrogen-bond acceptors (Lipinski definition) is 4. The predicted molar refractivity (Wildman–Crippen MR) is 56.1 cm³/mol. The average molecular weight is 220 g/mol. The van der Waals surface area contributed by atoms with Crippen LogP contribution in [0.15, 0.2) is 18.3 Å². The molecule has 1 aliphatic heterocycles. The average Bonchev–Trinajstić information content (AvgIpc) is 2.75. The Bertz CT molecular complexity index is 414. The van der Waals surface area contributed by atoms with Gasteiger partial charge >= 0.3 is 0 Å². The van der Waals surface area contributed by atoms with Crippen molar-refractivity contribution in [1.29, 1.82) is 0 Å². The van der Waals surface area contributed by atoms with Gasteiger partial charge in [0.05, 0.1) is 13.3 Å². The third-order valence-electron chi connectivity index (χ3n) is 2.51. The summed E-state index contributed by atoms with van der Waals surface area (Å²) in [6, 6.07) is 3.22. The SMILES string of the molecule is COc1ccc(C(=O)N2CCCC2=O)nc1. The van der Waals surface area contributed by atoms with Gasteiger partial charge in [0.1, 0.15) is 11.4 Å². The van der Waals surface area contributed by atoms with E-state index in [0.717, 1.165) is 6.42 Å². The number of nitrogens with zero attached hydrogens (tertiary/aromatic N) is 2. The number of hydrogen-bond donors (Lipinski definition) is 0. The van der Waals surface area contributed by atoms with Gasteiger partial charge in [-0.15, -0.1) is 0 Å². The molecule has 2 rings (SSSR count). The summed E-state index contributed by atoms with van der Waals surface area (Å²) < 4.78 is 4.94. The molecule has 1 aliphatic rings. The first-order valence-corrected chi connectivity index (χ1v) is 5.07. The minimum absolute atomic E-state index is 0.123. The lowest BCUT2D eigenvalue weighted by molar-refractivity contribution is -0.125. The van der Waals surface area contributed by atoms with Gasteiger partial charge in [-0.25, -0.2) is 4.98 Å². The second-order valence-electron chi connectivity index (χ2n) is 3.54. The number of likely N-dealkylation sites (tertiary alicyclic amines) is 1. The van der Waals surface area contributed by atoms with E-state index in [4.69, 9.17) is 4.74 Å². The molecule has 0 aliphatic carbocycles. The Morgan fingerprint density at radius 3 is 2.81 bits per heavy atom. The van der Waals surface area contributed by atoms with E-state index in [1.807, 2.05) is 0 Å². The Balaban J connectivity index is 2.17. The molecule has 2 heterocycles. The molecule has 84 valence electrons. The summed E-state index contributed by atoms with van der Waals surface area (Å²) >= 11 is 0. The van der Waals surface area contributed by atoms with Gasteiger partial charge in [0.2, 0.25) is 5.91 Å². The van der Waals surface area contributed by atoms with E-state index < -0.39 is 0 Å². The summed E-state index contributed by atoms with van der Waals surface area (Å²) in [7, 11) is 1.53. The van der Waals surface area contributed by atoms with Crippen molar-refractivity contribution >= 4 is 11.8 Å². The summed E-state index contributed by atoms with van der Waals surface area (Å²) in [6.07, 6.45) is 2.65. The van der Waals surface area contributed by atoms with Crippen LogP contribution >= 0.6 is 0 Å². The van der Waals surface area contributed by atoms with Gasteiger partial charge in [0.25, 0.3) is 5.91 Å². The monoisotopic (exact) mass is 220 g/mol. The number of amides is 2. The summed E-state index contributed by atoms with van der Waals surface area (Å²) in [6.45, 7) is 0.491. The molecule has 5 heteroatoms. The van der Waals surface area contributed by atoms with E-state index >= 15 is 0 Å². The van der Waals surface area contributed by atoms with Gasteiger partial charge in [-0.05, 0) is 18.6 Å². The molecule has 0 bridgehead atoms. The third kappa shape index (κ3) is 1.88. The fraction of sp³-hybridized carbons (Fsp3) is 0.364. The fourth-order valence-corrected chi connectivity index (χ4v) is 1.63. The van der Waals surface area contributed by atoms with Gasteiger partial charge in [0.15, 0.2) is 0 Å². The van der Waals surface area contributed by atoms with E-state index in [-0.39, 0.29) is 17.5 Å². The zero-order valence-corrected chi connectivity index (χ0v) is 8.97. The van der Waals surface area contributed by atoms with Crippen molar-refractivity contribution in [3.8, 4) is 5.75 Å². The predicted octanol–water partition coefficient (Wildman–Crippen LogP) is 0.853. The van der Waals surface area contributed by atoms with Gasteiger partial charge in [-0.1, -0.05) is 0 Å². The summed E-state index contributed by atoms with van der Waals surface area (Å²) in [5.41, 5.74) is 0.274. The largest absolute Gasteiger partial charge is 0.495 e. The number of carbonyl (C=O) groups excluding carboxylic acids is 2. The molecule has 5 nitrogen and oxygen atoms in total. The Kier molecular flexibility index (Phi) is 2.85. The van der Waals surface area contributed by atoms with E-state index in [0.29, 0.717) is 18.7 Å². The number of carbonyl (C=O) groups is 2. The summed E-state index contributed by atoms with van der Waals surface area (Å²) in [5.74, 6) is 0.136. The molecule has 16 heavy (non-hydrogen) atoms. The second kappa shape index (κ2) is 4.30. The molecule has 0 aromatic carbocycles. The Labute approximate surface area is 93.0 Å². The van der Waals surface area contributed by atoms with Crippen LogP contribution in [0.3, 0.4) is 0 Å². The molecule has 0 spiro atoms. The lowest BCUT2D eigenvalue weighted by Crippen LogP contribution is -2.32. The van der Waals surface area contributed by atoms with Gasteiger partial charge in [-0.2, -0.15) is 0 Å². The van der Waals surface area contributed by atoms with Crippen LogP contribution in [0.4, 0.5) is 0 Å². The van der Waals surface area contributed by atoms with Crippen molar-refractivity contribution in [3.05, 3.63) is 24.0 Å². The first kappa shape index (κ1) is 10.6. The summed E-state index contributed by atoms with van der Waals surface area (Å²) in [4.78, 5) is 28.4. The molecule has 0 radical (unpaired) electrons. The maximum atomic E-state index is 11.9. The molecular weight excluding hydrogens is 208 g/mol. The number of imide groups is 1. The highest BCUT2D eigenvalue weighted by Crippen LogP contribution is 2.14. The first-order valence-electron chi connectivity index (χ1n) is 5.07. The van der Waals surface area contributed by atoms with E-state index in [2.05, 4.69) is 4.98 Å². The number of aromatic nitrogens is 1. The molecule has 2 amide bonds. The number of rotatable bonds is 2. The molecule has 1 fully saturated rings. The second-order valence-corrected chi connectivity index (χ2v) is 3.54. The van der Waals surface area contributed by atoms with Crippen LogP contribution in [0.25, 0.3) is 0 Å². The van der Waals surface area contributed by atoms with Gasteiger partial charge < -0.3 is 4.74 Å². The van der Waals surface area contributed by atoms with Crippen molar-refractivity contribution in [2.45, 2.75) is 12.8 Å². The molecular formula is C11H12N2O3. The van der Waals surface area contributed by atoms with Crippen molar-refractivity contribution in [1.82, 2.24) is 9.88 Å². The van der Waals surface area contributed by atoms with Gasteiger partial charge in [0, 0.05) is 13.0 Å². The molecule has 0 saturated carbocycles. The highest BCUT2D eigenvalue weighted by Gasteiger charge is 2.27. The molecule has 0 atom stereocenters. The normalized spacial score (nSPS) is 15.3. The number of pyridine rings is 1. The lowest BCUT2D eigenvalue weighted by Gasteiger charge is -2.12. The molecule has 0 N–H and O–H groups in total. The van der Waals surface area contributed by atoms with Crippen molar-refractivity contribution in [3.63, 3.8) is 0 Å². The van der Waals surface area contributed by atoms with Crippen LogP contribution in [-0.2, 0) is 4.79 Å². The van der Waals surface area contributed by atoms with Crippen LogP contribution in [0, 0.1) is 0 Å². The van der Waals surface area contributed by atoms with E-state index in [9.17, 15) is 9.59 Å². The van der Waals surface area contributed by atoms with Crippen molar-refractivity contribution in [2.75, 3.05) is 13.7 Å². The maximum Gasteiger partial charge on any atom is 0.279 e.